The van der Waals surface area contributed by atoms with E-state index in [1.165, 1.54) is 0 Å². The number of isothiocyanates is 1. The summed E-state index contributed by atoms with van der Waals surface area (Å²) in [6, 6.07) is 0. The van der Waals surface area contributed by atoms with Crippen molar-refractivity contribution in [2.75, 3.05) is 12.4 Å². The quantitative estimate of drug-likeness (QED) is 0.249. The first-order valence-electron chi connectivity index (χ1n) is 2.01. The van der Waals surface area contributed by atoms with Gasteiger partial charge in [0.1, 0.15) is 0 Å². The molecule has 0 aromatic rings. The van der Waals surface area contributed by atoms with Gasteiger partial charge in [-0.05, 0) is 18.6 Å². The van der Waals surface area contributed by atoms with Crippen LogP contribution in [0.1, 0.15) is 6.42 Å². The Bertz CT molecular complexity index is 77.8. The lowest BCUT2D eigenvalue weighted by Crippen LogP contribution is -1.78. The topological polar surface area (TPSA) is 12.4 Å². The van der Waals surface area contributed by atoms with E-state index in [0.717, 1.165) is 6.42 Å². The van der Waals surface area contributed by atoms with E-state index >= 15 is 0 Å². The normalized spacial score (nSPS) is 7.57. The van der Waals surface area contributed by atoms with E-state index in [-0.39, 0.29) is 0 Å². The van der Waals surface area contributed by atoms with Crippen molar-refractivity contribution >= 4 is 29.0 Å². The SMILES string of the molecule is S=C=NCCCCl. The fourth-order valence-electron chi connectivity index (χ4n) is 0.184. The average Bonchev–Trinajstić information content (AvgIpc) is 1.69. The van der Waals surface area contributed by atoms with Crippen LogP contribution in [-0.2, 0) is 0 Å². The number of hydrogen-bond donors (Lipinski definition) is 0. The second-order valence-electron chi connectivity index (χ2n) is 1.02. The van der Waals surface area contributed by atoms with Crippen LogP contribution in [-0.4, -0.2) is 17.6 Å². The Morgan fingerprint density at radius 1 is 1.71 bits per heavy atom. The van der Waals surface area contributed by atoms with Gasteiger partial charge in [0, 0.05) is 5.88 Å². The van der Waals surface area contributed by atoms with Crippen molar-refractivity contribution in [2.45, 2.75) is 6.42 Å². The van der Waals surface area contributed by atoms with Crippen LogP contribution in [0.5, 0.6) is 0 Å². The van der Waals surface area contributed by atoms with Gasteiger partial charge in [-0.15, -0.1) is 11.6 Å². The molecule has 0 heterocycles. The van der Waals surface area contributed by atoms with Gasteiger partial charge in [-0.1, -0.05) is 0 Å². The van der Waals surface area contributed by atoms with Gasteiger partial charge in [0.25, 0.3) is 0 Å². The third-order valence-electron chi connectivity index (χ3n) is 0.468. The number of nitrogens with zero attached hydrogens (tertiary/aromatic N) is 1. The highest BCUT2D eigenvalue weighted by Crippen LogP contribution is 1.82. The van der Waals surface area contributed by atoms with E-state index in [0.29, 0.717) is 12.4 Å². The van der Waals surface area contributed by atoms with E-state index in [2.05, 4.69) is 22.4 Å². The van der Waals surface area contributed by atoms with E-state index in [1.54, 1.807) is 0 Å². The Labute approximate surface area is 53.4 Å². The van der Waals surface area contributed by atoms with Gasteiger partial charge in [0.05, 0.1) is 11.7 Å². The lowest BCUT2D eigenvalue weighted by molar-refractivity contribution is 0.946. The fourth-order valence-corrected chi connectivity index (χ4v) is 0.395. The summed E-state index contributed by atoms with van der Waals surface area (Å²) in [6.45, 7) is 0.715. The average molecular weight is 136 g/mol. The summed E-state index contributed by atoms with van der Waals surface area (Å²) >= 11 is 9.62. The minimum absolute atomic E-state index is 0.653. The second kappa shape index (κ2) is 6.09. The van der Waals surface area contributed by atoms with Crippen molar-refractivity contribution in [1.82, 2.24) is 0 Å². The molecule has 0 aliphatic carbocycles. The molecule has 0 aliphatic heterocycles. The van der Waals surface area contributed by atoms with Crippen molar-refractivity contribution in [2.24, 2.45) is 4.99 Å². The maximum absolute atomic E-state index is 5.32. The van der Waals surface area contributed by atoms with Crippen LogP contribution in [0.3, 0.4) is 0 Å². The molecule has 0 rings (SSSR count). The van der Waals surface area contributed by atoms with Crippen LogP contribution in [0, 0.1) is 0 Å². The Kier molecular flexibility index (Phi) is 6.17. The summed E-state index contributed by atoms with van der Waals surface area (Å²) in [5.41, 5.74) is 0. The van der Waals surface area contributed by atoms with Crippen LogP contribution < -0.4 is 0 Å². The number of aliphatic imine (C=N–C) groups is 1. The molecule has 1 nitrogen and oxygen atoms in total. The molecule has 0 bridgehead atoms. The number of halogens is 1. The minimum Gasteiger partial charge on any atom is -0.232 e. The van der Waals surface area contributed by atoms with Gasteiger partial charge in [0.2, 0.25) is 0 Å². The van der Waals surface area contributed by atoms with Crippen molar-refractivity contribution in [1.29, 1.82) is 0 Å². The van der Waals surface area contributed by atoms with E-state index < -0.39 is 0 Å². The summed E-state index contributed by atoms with van der Waals surface area (Å²) in [5.74, 6) is 0.653. The van der Waals surface area contributed by atoms with Crippen molar-refractivity contribution in [3.63, 3.8) is 0 Å². The molecule has 40 valence electrons. The Morgan fingerprint density at radius 2 is 2.43 bits per heavy atom. The highest BCUT2D eigenvalue weighted by molar-refractivity contribution is 7.78. The molecule has 0 saturated carbocycles. The van der Waals surface area contributed by atoms with E-state index in [4.69, 9.17) is 11.6 Å². The summed E-state index contributed by atoms with van der Waals surface area (Å²) in [6.07, 6.45) is 0.894. The van der Waals surface area contributed by atoms with Gasteiger partial charge >= 0.3 is 0 Å². The molecule has 0 radical (unpaired) electrons. The maximum Gasteiger partial charge on any atom is 0.0584 e. The highest BCUT2D eigenvalue weighted by Gasteiger charge is 1.75. The monoisotopic (exact) mass is 135 g/mol. The second-order valence-corrected chi connectivity index (χ2v) is 1.58. The number of hydrogen-bond acceptors (Lipinski definition) is 2. The van der Waals surface area contributed by atoms with Crippen LogP contribution in [0.4, 0.5) is 0 Å². The first-order chi connectivity index (χ1) is 3.41. The lowest BCUT2D eigenvalue weighted by Gasteiger charge is -1.80. The zero-order valence-electron chi connectivity index (χ0n) is 3.85. The van der Waals surface area contributed by atoms with Gasteiger partial charge in [-0.3, -0.25) is 0 Å². The zero-order chi connectivity index (χ0) is 5.54. The zero-order valence-corrected chi connectivity index (χ0v) is 5.43. The molecule has 7 heavy (non-hydrogen) atoms. The molecule has 0 atom stereocenters. The molecule has 0 aliphatic rings. The first kappa shape index (κ1) is 7.09. The molecular formula is C4H6ClNS. The van der Waals surface area contributed by atoms with E-state index in [9.17, 15) is 0 Å². The van der Waals surface area contributed by atoms with Gasteiger partial charge < -0.3 is 0 Å². The van der Waals surface area contributed by atoms with Gasteiger partial charge in [-0.2, -0.15) is 0 Å². The Hall–Kier alpha value is 0.0900. The van der Waals surface area contributed by atoms with Crippen molar-refractivity contribution in [3.8, 4) is 0 Å². The fraction of sp³-hybridized carbons (Fsp3) is 0.750. The predicted octanol–water partition coefficient (Wildman–Crippen LogP) is 1.72. The lowest BCUT2D eigenvalue weighted by atomic mass is 10.5. The standard InChI is InChI=1S/C4H6ClNS/c5-2-1-3-6-4-7/h1-3H2. The van der Waals surface area contributed by atoms with Gasteiger partial charge in [-0.25, -0.2) is 4.99 Å². The molecule has 0 aromatic heterocycles. The molecule has 0 spiro atoms. The van der Waals surface area contributed by atoms with Crippen molar-refractivity contribution < 1.29 is 0 Å². The molecule has 0 fully saturated rings. The Balaban J connectivity index is 2.83. The third kappa shape index (κ3) is 6.09. The third-order valence-corrected chi connectivity index (χ3v) is 0.864. The maximum atomic E-state index is 5.32. The predicted molar refractivity (Wildman–Crippen MR) is 35.2 cm³/mol. The number of rotatable bonds is 3. The highest BCUT2D eigenvalue weighted by atomic mass is 35.5. The summed E-state index contributed by atoms with van der Waals surface area (Å²) in [7, 11) is 0. The smallest absolute Gasteiger partial charge is 0.0584 e. The molecule has 0 saturated heterocycles. The Morgan fingerprint density at radius 3 is 2.86 bits per heavy atom. The number of alkyl halides is 1. The van der Waals surface area contributed by atoms with Crippen molar-refractivity contribution in [3.05, 3.63) is 0 Å². The summed E-state index contributed by atoms with van der Waals surface area (Å²) in [5, 5.41) is 2.25. The molecule has 3 heteroatoms. The van der Waals surface area contributed by atoms with Crippen LogP contribution in [0.25, 0.3) is 0 Å². The number of thiocarbonyl (C=S) groups is 1. The summed E-state index contributed by atoms with van der Waals surface area (Å²) in [4.78, 5) is 3.64. The van der Waals surface area contributed by atoms with Crippen LogP contribution in [0.2, 0.25) is 0 Å². The van der Waals surface area contributed by atoms with Crippen LogP contribution >= 0.6 is 23.8 Å². The molecule has 0 N–H and O–H groups in total. The minimum atomic E-state index is 0.653. The van der Waals surface area contributed by atoms with Crippen LogP contribution in [0.15, 0.2) is 4.99 Å². The van der Waals surface area contributed by atoms with E-state index in [1.807, 2.05) is 0 Å². The molecular weight excluding hydrogens is 130 g/mol. The summed E-state index contributed by atoms with van der Waals surface area (Å²) < 4.78 is 0. The molecule has 0 unspecified atom stereocenters. The largest absolute Gasteiger partial charge is 0.232 e. The molecule has 0 amide bonds. The molecule has 0 aromatic carbocycles. The first-order valence-corrected chi connectivity index (χ1v) is 2.95. The van der Waals surface area contributed by atoms with Gasteiger partial charge in [0.15, 0.2) is 0 Å².